The lowest BCUT2D eigenvalue weighted by molar-refractivity contribution is 0.172. The van der Waals surface area contributed by atoms with E-state index in [2.05, 4.69) is 11.4 Å². The fourth-order valence-corrected chi connectivity index (χ4v) is 2.21. The normalized spacial score (nSPS) is 12.5. The minimum atomic E-state index is 0.542. The molecule has 5 heteroatoms. The van der Waals surface area contributed by atoms with E-state index in [0.717, 1.165) is 11.3 Å². The van der Waals surface area contributed by atoms with Crippen LogP contribution in [0, 0.1) is 11.3 Å². The minimum absolute atomic E-state index is 0.542. The van der Waals surface area contributed by atoms with Crippen LogP contribution in [0.3, 0.4) is 0 Å². The Morgan fingerprint density at radius 2 is 1.90 bits per heavy atom. The number of nitrogens with one attached hydrogen (secondary N) is 1. The Balaban J connectivity index is 1.77. The summed E-state index contributed by atoms with van der Waals surface area (Å²) in [7, 11) is 0. The predicted molar refractivity (Wildman–Crippen MR) is 80.3 cm³/mol. The largest absolute Gasteiger partial charge is 0.486 e. The van der Waals surface area contributed by atoms with E-state index >= 15 is 0 Å². The molecule has 3 N–H and O–H groups in total. The standard InChI is InChI=1S/C16H15N3O2/c17-9-11-2-1-3-12(6-11)10-19-14-8-16-15(7-13(14)18)20-4-5-21-16/h1-3,6-8,19H,4-5,10,18H2. The highest BCUT2D eigenvalue weighted by Gasteiger charge is 2.14. The van der Waals surface area contributed by atoms with Gasteiger partial charge in [-0.15, -0.1) is 0 Å². The highest BCUT2D eigenvalue weighted by atomic mass is 16.6. The van der Waals surface area contributed by atoms with Gasteiger partial charge in [0.15, 0.2) is 11.5 Å². The first kappa shape index (κ1) is 13.1. The third kappa shape index (κ3) is 2.84. The van der Waals surface area contributed by atoms with Crippen LogP contribution >= 0.6 is 0 Å². The summed E-state index contributed by atoms with van der Waals surface area (Å²) in [4.78, 5) is 0. The zero-order valence-corrected chi connectivity index (χ0v) is 11.4. The maximum Gasteiger partial charge on any atom is 0.163 e. The lowest BCUT2D eigenvalue weighted by Gasteiger charge is -2.20. The number of nitriles is 1. The molecule has 3 rings (SSSR count). The Kier molecular flexibility index (Phi) is 3.52. The second kappa shape index (κ2) is 5.63. The fourth-order valence-electron chi connectivity index (χ4n) is 2.21. The van der Waals surface area contributed by atoms with Crippen molar-refractivity contribution in [2.75, 3.05) is 24.3 Å². The van der Waals surface area contributed by atoms with Gasteiger partial charge in [-0.3, -0.25) is 0 Å². The van der Waals surface area contributed by atoms with E-state index in [1.165, 1.54) is 0 Å². The molecule has 5 nitrogen and oxygen atoms in total. The monoisotopic (exact) mass is 281 g/mol. The molecule has 0 amide bonds. The van der Waals surface area contributed by atoms with Gasteiger partial charge in [0.1, 0.15) is 13.2 Å². The molecule has 2 aromatic rings. The molecule has 0 radical (unpaired) electrons. The molecule has 1 aliphatic rings. The summed E-state index contributed by atoms with van der Waals surface area (Å²) in [6.07, 6.45) is 0. The van der Waals surface area contributed by atoms with E-state index in [0.29, 0.717) is 42.5 Å². The van der Waals surface area contributed by atoms with E-state index in [4.69, 9.17) is 20.5 Å². The highest BCUT2D eigenvalue weighted by Crippen LogP contribution is 2.37. The fraction of sp³-hybridized carbons (Fsp3) is 0.188. The number of hydrogen-bond acceptors (Lipinski definition) is 5. The first-order chi connectivity index (χ1) is 10.3. The van der Waals surface area contributed by atoms with Crippen LogP contribution in [0.2, 0.25) is 0 Å². The molecular formula is C16H15N3O2. The van der Waals surface area contributed by atoms with Crippen molar-refractivity contribution in [3.8, 4) is 17.6 Å². The zero-order valence-electron chi connectivity index (χ0n) is 11.4. The summed E-state index contributed by atoms with van der Waals surface area (Å²) in [5, 5.41) is 12.2. The first-order valence-electron chi connectivity index (χ1n) is 6.68. The van der Waals surface area contributed by atoms with Crippen LogP contribution in [0.15, 0.2) is 36.4 Å². The van der Waals surface area contributed by atoms with Gasteiger partial charge >= 0.3 is 0 Å². The van der Waals surface area contributed by atoms with Crippen LogP contribution in [0.4, 0.5) is 11.4 Å². The first-order valence-corrected chi connectivity index (χ1v) is 6.68. The van der Waals surface area contributed by atoms with Crippen molar-refractivity contribution in [1.82, 2.24) is 0 Å². The van der Waals surface area contributed by atoms with Crippen molar-refractivity contribution in [2.24, 2.45) is 0 Å². The maximum absolute atomic E-state index is 8.90. The van der Waals surface area contributed by atoms with Crippen molar-refractivity contribution in [3.05, 3.63) is 47.5 Å². The topological polar surface area (TPSA) is 80.3 Å². The molecule has 21 heavy (non-hydrogen) atoms. The molecule has 1 aliphatic heterocycles. The third-order valence-corrected chi connectivity index (χ3v) is 3.25. The number of rotatable bonds is 3. The maximum atomic E-state index is 8.90. The zero-order chi connectivity index (χ0) is 14.7. The molecule has 1 heterocycles. The van der Waals surface area contributed by atoms with E-state index in [1.807, 2.05) is 24.3 Å². The smallest absolute Gasteiger partial charge is 0.163 e. The number of nitrogens with zero attached hydrogens (tertiary/aromatic N) is 1. The average Bonchev–Trinajstić information content (AvgIpc) is 2.53. The van der Waals surface area contributed by atoms with Crippen molar-refractivity contribution in [3.63, 3.8) is 0 Å². The number of hydrogen-bond donors (Lipinski definition) is 2. The van der Waals surface area contributed by atoms with Gasteiger partial charge in [0.05, 0.1) is 23.0 Å². The number of nitrogens with two attached hydrogens (primary N) is 1. The van der Waals surface area contributed by atoms with Crippen LogP contribution < -0.4 is 20.5 Å². The highest BCUT2D eigenvalue weighted by molar-refractivity contribution is 5.72. The molecular weight excluding hydrogens is 266 g/mol. The summed E-state index contributed by atoms with van der Waals surface area (Å²) in [6, 6.07) is 13.2. The second-order valence-electron chi connectivity index (χ2n) is 4.75. The molecule has 106 valence electrons. The third-order valence-electron chi connectivity index (χ3n) is 3.25. The number of nitrogen functional groups attached to an aromatic ring is 1. The summed E-state index contributed by atoms with van der Waals surface area (Å²) in [6.45, 7) is 1.67. The Labute approximate surface area is 122 Å². The summed E-state index contributed by atoms with van der Waals surface area (Å²) in [5.41, 5.74) is 9.07. The lowest BCUT2D eigenvalue weighted by atomic mass is 10.1. The van der Waals surface area contributed by atoms with Crippen LogP contribution in [-0.2, 0) is 6.54 Å². The van der Waals surface area contributed by atoms with E-state index in [9.17, 15) is 0 Å². The van der Waals surface area contributed by atoms with Crippen molar-refractivity contribution < 1.29 is 9.47 Å². The molecule has 2 aromatic carbocycles. The van der Waals surface area contributed by atoms with Gasteiger partial charge in [-0.1, -0.05) is 12.1 Å². The van der Waals surface area contributed by atoms with Crippen LogP contribution in [-0.4, -0.2) is 13.2 Å². The second-order valence-corrected chi connectivity index (χ2v) is 4.75. The van der Waals surface area contributed by atoms with Gasteiger partial charge in [-0.05, 0) is 17.7 Å². The molecule has 0 aliphatic carbocycles. The Hall–Kier alpha value is -2.87. The number of benzene rings is 2. The van der Waals surface area contributed by atoms with Crippen LogP contribution in [0.25, 0.3) is 0 Å². The molecule has 0 aromatic heterocycles. The molecule has 0 saturated heterocycles. The average molecular weight is 281 g/mol. The Morgan fingerprint density at radius 3 is 2.67 bits per heavy atom. The molecule has 0 bridgehead atoms. The van der Waals surface area contributed by atoms with E-state index in [1.54, 1.807) is 12.1 Å². The quantitative estimate of drug-likeness (QED) is 0.845. The van der Waals surface area contributed by atoms with Crippen molar-refractivity contribution in [2.45, 2.75) is 6.54 Å². The minimum Gasteiger partial charge on any atom is -0.486 e. The molecule has 0 spiro atoms. The molecule has 0 atom stereocenters. The van der Waals surface area contributed by atoms with Crippen molar-refractivity contribution >= 4 is 11.4 Å². The molecule has 0 saturated carbocycles. The van der Waals surface area contributed by atoms with Gasteiger partial charge in [0.2, 0.25) is 0 Å². The Bertz CT molecular complexity index is 707. The van der Waals surface area contributed by atoms with E-state index in [-0.39, 0.29) is 0 Å². The van der Waals surface area contributed by atoms with Crippen LogP contribution in [0.5, 0.6) is 11.5 Å². The summed E-state index contributed by atoms with van der Waals surface area (Å²) >= 11 is 0. The molecule has 0 unspecified atom stereocenters. The predicted octanol–water partition coefficient (Wildman–Crippen LogP) is 2.52. The van der Waals surface area contributed by atoms with Crippen LogP contribution in [0.1, 0.15) is 11.1 Å². The van der Waals surface area contributed by atoms with Gasteiger partial charge < -0.3 is 20.5 Å². The van der Waals surface area contributed by atoms with Gasteiger partial charge in [0, 0.05) is 18.7 Å². The molecule has 0 fully saturated rings. The lowest BCUT2D eigenvalue weighted by Crippen LogP contribution is -2.16. The number of ether oxygens (including phenoxy) is 2. The SMILES string of the molecule is N#Cc1cccc(CNc2cc3c(cc2N)OCCO3)c1. The van der Waals surface area contributed by atoms with Crippen molar-refractivity contribution in [1.29, 1.82) is 5.26 Å². The summed E-state index contributed by atoms with van der Waals surface area (Å²) in [5.74, 6) is 1.37. The van der Waals surface area contributed by atoms with E-state index < -0.39 is 0 Å². The van der Waals surface area contributed by atoms with Gasteiger partial charge in [-0.2, -0.15) is 5.26 Å². The summed E-state index contributed by atoms with van der Waals surface area (Å²) < 4.78 is 11.0. The number of anilines is 2. The van der Waals surface area contributed by atoms with Gasteiger partial charge in [-0.25, -0.2) is 0 Å². The van der Waals surface area contributed by atoms with Gasteiger partial charge in [0.25, 0.3) is 0 Å². The number of fused-ring (bicyclic) bond motifs is 1. The Morgan fingerprint density at radius 1 is 1.14 bits per heavy atom.